The highest BCUT2D eigenvalue weighted by molar-refractivity contribution is 5.48. The molecule has 0 aromatic heterocycles. The van der Waals surface area contributed by atoms with E-state index in [1.807, 2.05) is 6.07 Å². The highest BCUT2D eigenvalue weighted by atomic mass is 16.5. The maximum absolute atomic E-state index is 9.88. The van der Waals surface area contributed by atoms with Crippen LogP contribution in [0.15, 0.2) is 6.07 Å². The fourth-order valence-corrected chi connectivity index (χ4v) is 2.14. The zero-order valence-electron chi connectivity index (χ0n) is 11.9. The van der Waals surface area contributed by atoms with Crippen LogP contribution in [0, 0.1) is 33.1 Å². The van der Waals surface area contributed by atoms with Crippen molar-refractivity contribution in [1.82, 2.24) is 0 Å². The largest absolute Gasteiger partial charge is 0.496 e. The van der Waals surface area contributed by atoms with Gasteiger partial charge in [-0.15, -0.1) is 6.42 Å². The van der Waals surface area contributed by atoms with Gasteiger partial charge in [0.1, 0.15) is 11.4 Å². The number of hydrogen-bond acceptors (Lipinski definition) is 2. The van der Waals surface area contributed by atoms with Crippen molar-refractivity contribution in [2.75, 3.05) is 7.11 Å². The molecule has 0 spiro atoms. The SMILES string of the molecule is C#C[C@@](C)(O)CCc1c(C)cc(OC)c(C)c1C. The summed E-state index contributed by atoms with van der Waals surface area (Å²) < 4.78 is 5.35. The van der Waals surface area contributed by atoms with Gasteiger partial charge in [0.05, 0.1) is 7.11 Å². The van der Waals surface area contributed by atoms with Gasteiger partial charge in [-0.3, -0.25) is 0 Å². The average Bonchev–Trinajstić information content (AvgIpc) is 2.33. The summed E-state index contributed by atoms with van der Waals surface area (Å²) in [5.41, 5.74) is 3.77. The second-order valence-electron chi connectivity index (χ2n) is 5.04. The van der Waals surface area contributed by atoms with Crippen molar-refractivity contribution >= 4 is 0 Å². The van der Waals surface area contributed by atoms with E-state index in [4.69, 9.17) is 11.2 Å². The molecule has 1 atom stereocenters. The number of rotatable bonds is 4. The van der Waals surface area contributed by atoms with Crippen LogP contribution >= 0.6 is 0 Å². The predicted octanol–water partition coefficient (Wildman–Crippen LogP) is 2.94. The molecule has 0 unspecified atom stereocenters. The maximum atomic E-state index is 9.88. The van der Waals surface area contributed by atoms with Crippen LogP contribution in [-0.4, -0.2) is 17.8 Å². The lowest BCUT2D eigenvalue weighted by Gasteiger charge is -2.20. The first-order chi connectivity index (χ1) is 8.32. The third-order valence-electron chi connectivity index (χ3n) is 3.60. The van der Waals surface area contributed by atoms with Crippen molar-refractivity contribution in [3.05, 3.63) is 28.3 Å². The van der Waals surface area contributed by atoms with Crippen molar-refractivity contribution in [3.63, 3.8) is 0 Å². The van der Waals surface area contributed by atoms with Crippen LogP contribution in [0.2, 0.25) is 0 Å². The quantitative estimate of drug-likeness (QED) is 0.828. The van der Waals surface area contributed by atoms with E-state index >= 15 is 0 Å². The molecule has 0 heterocycles. The smallest absolute Gasteiger partial charge is 0.122 e. The molecule has 1 rings (SSSR count). The molecule has 0 aliphatic heterocycles. The van der Waals surface area contributed by atoms with Crippen molar-refractivity contribution in [2.24, 2.45) is 0 Å². The third-order valence-corrected chi connectivity index (χ3v) is 3.60. The van der Waals surface area contributed by atoms with Crippen LogP contribution < -0.4 is 4.74 Å². The second kappa shape index (κ2) is 5.46. The zero-order valence-corrected chi connectivity index (χ0v) is 11.9. The Bertz CT molecular complexity index is 479. The van der Waals surface area contributed by atoms with E-state index in [1.54, 1.807) is 14.0 Å². The van der Waals surface area contributed by atoms with Gasteiger partial charge in [-0.25, -0.2) is 0 Å². The summed E-state index contributed by atoms with van der Waals surface area (Å²) in [6.45, 7) is 7.88. The predicted molar refractivity (Wildman–Crippen MR) is 75.0 cm³/mol. The number of aliphatic hydroxyl groups is 1. The number of terminal acetylenes is 1. The summed E-state index contributed by atoms with van der Waals surface area (Å²) in [5, 5.41) is 9.88. The molecule has 2 nitrogen and oxygen atoms in total. The molecule has 1 N–H and O–H groups in total. The molecule has 0 saturated heterocycles. The van der Waals surface area contributed by atoms with Gasteiger partial charge in [0, 0.05) is 0 Å². The molecule has 2 heteroatoms. The van der Waals surface area contributed by atoms with Gasteiger partial charge >= 0.3 is 0 Å². The van der Waals surface area contributed by atoms with E-state index in [2.05, 4.69) is 26.7 Å². The molecule has 0 aliphatic rings. The van der Waals surface area contributed by atoms with Gasteiger partial charge in [-0.05, 0) is 68.9 Å². The van der Waals surface area contributed by atoms with Crippen LogP contribution in [0.1, 0.15) is 35.6 Å². The molecule has 0 amide bonds. The van der Waals surface area contributed by atoms with E-state index in [0.717, 1.165) is 17.7 Å². The summed E-state index contributed by atoms with van der Waals surface area (Å²) in [6.07, 6.45) is 6.65. The standard InChI is InChI=1S/C16H22O2/c1-7-16(5,17)9-8-14-11(2)10-15(18-6)13(4)12(14)3/h1,10,17H,8-9H2,2-6H3/t16-/m1/s1. The molecule has 1 aromatic rings. The van der Waals surface area contributed by atoms with Crippen LogP contribution in [0.4, 0.5) is 0 Å². The van der Waals surface area contributed by atoms with Crippen molar-refractivity contribution in [1.29, 1.82) is 0 Å². The molecule has 18 heavy (non-hydrogen) atoms. The van der Waals surface area contributed by atoms with Crippen molar-refractivity contribution in [2.45, 2.75) is 46.1 Å². The zero-order chi connectivity index (χ0) is 13.9. The van der Waals surface area contributed by atoms with Crippen LogP contribution in [-0.2, 0) is 6.42 Å². The summed E-state index contributed by atoms with van der Waals surface area (Å²) in [7, 11) is 1.68. The van der Waals surface area contributed by atoms with Gasteiger partial charge in [-0.1, -0.05) is 5.92 Å². The topological polar surface area (TPSA) is 29.5 Å². The Balaban J connectivity index is 3.05. The summed E-state index contributed by atoms with van der Waals surface area (Å²) in [4.78, 5) is 0. The Hall–Kier alpha value is -1.46. The normalized spacial score (nSPS) is 13.8. The Morgan fingerprint density at radius 1 is 1.33 bits per heavy atom. The molecule has 0 saturated carbocycles. The average molecular weight is 246 g/mol. The fraction of sp³-hybridized carbons (Fsp3) is 0.500. The van der Waals surface area contributed by atoms with Crippen LogP contribution in [0.5, 0.6) is 5.75 Å². The Kier molecular flexibility index (Phi) is 4.43. The number of hydrogen-bond donors (Lipinski definition) is 1. The van der Waals surface area contributed by atoms with E-state index in [-0.39, 0.29) is 0 Å². The first-order valence-corrected chi connectivity index (χ1v) is 6.16. The molecular weight excluding hydrogens is 224 g/mol. The number of benzene rings is 1. The lowest BCUT2D eigenvalue weighted by Crippen LogP contribution is -2.22. The lowest BCUT2D eigenvalue weighted by molar-refractivity contribution is 0.113. The summed E-state index contributed by atoms with van der Waals surface area (Å²) in [6, 6.07) is 2.04. The first-order valence-electron chi connectivity index (χ1n) is 6.16. The number of methoxy groups -OCH3 is 1. The van der Waals surface area contributed by atoms with Gasteiger partial charge < -0.3 is 9.84 Å². The highest BCUT2D eigenvalue weighted by Gasteiger charge is 2.18. The van der Waals surface area contributed by atoms with E-state index in [0.29, 0.717) is 6.42 Å². The minimum absolute atomic E-state index is 0.566. The van der Waals surface area contributed by atoms with Gasteiger partial charge in [0.25, 0.3) is 0 Å². The number of ether oxygens (including phenoxy) is 1. The fourth-order valence-electron chi connectivity index (χ4n) is 2.14. The molecule has 0 radical (unpaired) electrons. The number of aryl methyl sites for hydroxylation is 1. The Morgan fingerprint density at radius 2 is 1.94 bits per heavy atom. The molecular formula is C16H22O2. The Labute approximate surface area is 110 Å². The Morgan fingerprint density at radius 3 is 2.44 bits per heavy atom. The maximum Gasteiger partial charge on any atom is 0.122 e. The minimum Gasteiger partial charge on any atom is -0.496 e. The van der Waals surface area contributed by atoms with E-state index < -0.39 is 5.60 Å². The van der Waals surface area contributed by atoms with Crippen molar-refractivity contribution in [3.8, 4) is 18.1 Å². The van der Waals surface area contributed by atoms with Crippen LogP contribution in [0.3, 0.4) is 0 Å². The molecule has 0 aliphatic carbocycles. The van der Waals surface area contributed by atoms with E-state index in [1.165, 1.54) is 16.7 Å². The highest BCUT2D eigenvalue weighted by Crippen LogP contribution is 2.29. The molecule has 1 aromatic carbocycles. The lowest BCUT2D eigenvalue weighted by atomic mass is 9.90. The monoisotopic (exact) mass is 246 g/mol. The van der Waals surface area contributed by atoms with Gasteiger partial charge in [0.15, 0.2) is 0 Å². The molecule has 98 valence electrons. The van der Waals surface area contributed by atoms with E-state index in [9.17, 15) is 5.11 Å². The third kappa shape index (κ3) is 3.05. The second-order valence-corrected chi connectivity index (χ2v) is 5.04. The first kappa shape index (κ1) is 14.6. The summed E-state index contributed by atoms with van der Waals surface area (Å²) >= 11 is 0. The summed E-state index contributed by atoms with van der Waals surface area (Å²) in [5.74, 6) is 3.33. The van der Waals surface area contributed by atoms with Gasteiger partial charge in [-0.2, -0.15) is 0 Å². The van der Waals surface area contributed by atoms with Crippen LogP contribution in [0.25, 0.3) is 0 Å². The minimum atomic E-state index is -1.04. The molecule has 0 fully saturated rings. The van der Waals surface area contributed by atoms with Crippen molar-refractivity contribution < 1.29 is 9.84 Å². The van der Waals surface area contributed by atoms with Gasteiger partial charge in [0.2, 0.25) is 0 Å². The molecule has 0 bridgehead atoms.